The number of aromatic nitrogens is 1. The quantitative estimate of drug-likeness (QED) is 0.431. The molecule has 1 amide bonds. The molecule has 2 saturated heterocycles. The summed E-state index contributed by atoms with van der Waals surface area (Å²) >= 11 is 0. The molecular weight excluding hydrogens is 552 g/mol. The van der Waals surface area contributed by atoms with Crippen molar-refractivity contribution in [3.63, 3.8) is 0 Å². The molecule has 1 aliphatic carbocycles. The molecule has 2 aromatic carbocycles. The van der Waals surface area contributed by atoms with E-state index >= 15 is 8.78 Å². The number of nitrogens with zero attached hydrogens (tertiary/aromatic N) is 4. The van der Waals surface area contributed by atoms with E-state index in [1.165, 1.54) is 24.1 Å². The normalized spacial score (nSPS) is 19.8. The minimum absolute atomic E-state index is 0.0281. The summed E-state index contributed by atoms with van der Waals surface area (Å²) in [5.74, 6) is -2.84. The number of anilines is 3. The second-order valence-electron chi connectivity index (χ2n) is 10.9. The van der Waals surface area contributed by atoms with Crippen LogP contribution in [0, 0.1) is 11.6 Å². The van der Waals surface area contributed by atoms with Crippen molar-refractivity contribution in [2.24, 2.45) is 5.73 Å². The number of rotatable bonds is 7. The number of piperazine rings is 1. The van der Waals surface area contributed by atoms with Gasteiger partial charge in [0.25, 0.3) is 0 Å². The van der Waals surface area contributed by atoms with Crippen LogP contribution in [0.25, 0.3) is 10.9 Å². The Labute approximate surface area is 238 Å². The van der Waals surface area contributed by atoms with E-state index < -0.39 is 41.3 Å². The van der Waals surface area contributed by atoms with Crippen LogP contribution in [-0.2, 0) is 9.53 Å². The van der Waals surface area contributed by atoms with E-state index in [4.69, 9.17) is 10.5 Å². The fraction of sp³-hybridized carbons (Fsp3) is 0.379. The lowest BCUT2D eigenvalue weighted by Gasteiger charge is -2.37. The molecule has 42 heavy (non-hydrogen) atoms. The monoisotopic (exact) mass is 581 g/mol. The number of nitrogens with two attached hydrogens (primary N) is 1. The standard InChI is InChI=1S/C29H29F2N5O6/c1-15(37)26(32)25-14-36(29(41)42-25)17-4-5-22(20(30)10-17)33-6-8-34(9-7-33)24-12-23-18(11-21(24)31)27(38)19(28(39)40)13-35(23)16-2-3-16/h4-5,10-13,16,25-26H,2-3,6-9,14,32H2,1H3,(H,39,40). The van der Waals surface area contributed by atoms with Crippen LogP contribution in [0.15, 0.2) is 41.3 Å². The van der Waals surface area contributed by atoms with Gasteiger partial charge in [-0.2, -0.15) is 0 Å². The summed E-state index contributed by atoms with van der Waals surface area (Å²) in [6.45, 7) is 2.83. The van der Waals surface area contributed by atoms with Crippen LogP contribution < -0.4 is 25.9 Å². The molecular formula is C29H29F2N5O6. The van der Waals surface area contributed by atoms with E-state index in [2.05, 4.69) is 0 Å². The van der Waals surface area contributed by atoms with E-state index in [1.54, 1.807) is 22.8 Å². The summed E-state index contributed by atoms with van der Waals surface area (Å²) < 4.78 is 37.5. The first-order valence-corrected chi connectivity index (χ1v) is 13.7. The fourth-order valence-corrected chi connectivity index (χ4v) is 5.66. The second-order valence-corrected chi connectivity index (χ2v) is 10.9. The van der Waals surface area contributed by atoms with Crippen LogP contribution in [0.4, 0.5) is 30.6 Å². The number of ketones is 1. The van der Waals surface area contributed by atoms with E-state index in [9.17, 15) is 24.3 Å². The van der Waals surface area contributed by atoms with Gasteiger partial charge in [-0.1, -0.05) is 0 Å². The predicted molar refractivity (Wildman–Crippen MR) is 150 cm³/mol. The highest BCUT2D eigenvalue weighted by atomic mass is 19.1. The van der Waals surface area contributed by atoms with Crippen molar-refractivity contribution in [3.8, 4) is 0 Å². The molecule has 13 heteroatoms. The van der Waals surface area contributed by atoms with Crippen molar-refractivity contribution in [2.45, 2.75) is 38.0 Å². The Bertz CT molecular complexity index is 1680. The van der Waals surface area contributed by atoms with Gasteiger partial charge in [0.15, 0.2) is 0 Å². The van der Waals surface area contributed by atoms with E-state index in [0.717, 1.165) is 18.9 Å². The number of carbonyl (C=O) groups is 3. The second kappa shape index (κ2) is 10.4. The average molecular weight is 582 g/mol. The molecule has 2 atom stereocenters. The van der Waals surface area contributed by atoms with Crippen LogP contribution in [0.2, 0.25) is 0 Å². The predicted octanol–water partition coefficient (Wildman–Crippen LogP) is 2.88. The molecule has 3 heterocycles. The van der Waals surface area contributed by atoms with Crippen molar-refractivity contribution in [2.75, 3.05) is 47.4 Å². The zero-order valence-electron chi connectivity index (χ0n) is 22.8. The molecule has 0 spiro atoms. The van der Waals surface area contributed by atoms with E-state index in [0.29, 0.717) is 43.1 Å². The van der Waals surface area contributed by atoms with Gasteiger partial charge in [0, 0.05) is 43.8 Å². The van der Waals surface area contributed by atoms with Crippen LogP contribution in [0.1, 0.15) is 36.2 Å². The average Bonchev–Trinajstić information content (AvgIpc) is 3.73. The maximum absolute atomic E-state index is 15.3. The zero-order valence-corrected chi connectivity index (χ0v) is 22.8. The Hall–Kier alpha value is -4.52. The molecule has 3 N–H and O–H groups in total. The molecule has 6 rings (SSSR count). The highest BCUT2D eigenvalue weighted by molar-refractivity contribution is 5.94. The molecule has 3 fully saturated rings. The third kappa shape index (κ3) is 4.83. The number of hydrogen-bond acceptors (Lipinski definition) is 8. The van der Waals surface area contributed by atoms with Gasteiger partial charge in [-0.3, -0.25) is 14.5 Å². The summed E-state index contributed by atoms with van der Waals surface area (Å²) in [5.41, 5.74) is 6.09. The molecule has 2 aliphatic heterocycles. The Morgan fingerprint density at radius 2 is 1.64 bits per heavy atom. The summed E-state index contributed by atoms with van der Waals surface area (Å²) in [4.78, 5) is 53.2. The van der Waals surface area contributed by atoms with Gasteiger partial charge in [0.2, 0.25) is 5.43 Å². The van der Waals surface area contributed by atoms with Crippen molar-refractivity contribution in [3.05, 3.63) is 63.9 Å². The Kier molecular flexibility index (Phi) is 6.84. The van der Waals surface area contributed by atoms with Gasteiger partial charge in [-0.15, -0.1) is 0 Å². The molecule has 0 radical (unpaired) electrons. The smallest absolute Gasteiger partial charge is 0.414 e. The first-order valence-electron chi connectivity index (χ1n) is 13.7. The van der Waals surface area contributed by atoms with E-state index in [1.807, 2.05) is 9.80 Å². The maximum Gasteiger partial charge on any atom is 0.414 e. The number of hydrogen-bond donors (Lipinski definition) is 2. The number of halogens is 2. The highest BCUT2D eigenvalue weighted by Gasteiger charge is 2.38. The zero-order chi connectivity index (χ0) is 29.9. The Morgan fingerprint density at radius 3 is 2.24 bits per heavy atom. The largest absolute Gasteiger partial charge is 0.477 e. The minimum Gasteiger partial charge on any atom is -0.477 e. The lowest BCUT2D eigenvalue weighted by atomic mass is 10.1. The van der Waals surface area contributed by atoms with Gasteiger partial charge in [-0.05, 0) is 50.1 Å². The third-order valence-corrected chi connectivity index (χ3v) is 8.18. The summed E-state index contributed by atoms with van der Waals surface area (Å²) in [5, 5.41) is 9.49. The number of Topliss-reactive ketones (excluding diaryl/α,β-unsaturated/α-hetero) is 1. The number of carboxylic acids is 1. The SMILES string of the molecule is CC(=O)C(N)C1CN(c2ccc(N3CCN(c4cc5c(cc4F)c(=O)c(C(=O)O)cn5C4CC4)CC3)c(F)c2)C(=O)O1. The van der Waals surface area contributed by atoms with Gasteiger partial charge < -0.3 is 29.9 Å². The van der Waals surface area contributed by atoms with Crippen molar-refractivity contribution in [1.82, 2.24) is 4.57 Å². The van der Waals surface area contributed by atoms with E-state index in [-0.39, 0.29) is 35.0 Å². The Balaban J connectivity index is 1.19. The van der Waals surface area contributed by atoms with Crippen LogP contribution in [0.5, 0.6) is 0 Å². The lowest BCUT2D eigenvalue weighted by Crippen LogP contribution is -2.47. The first-order chi connectivity index (χ1) is 20.0. The molecule has 0 bridgehead atoms. The van der Waals surface area contributed by atoms with Crippen molar-refractivity contribution < 1.29 is 33.0 Å². The number of benzene rings is 2. The first kappa shape index (κ1) is 27.6. The number of fused-ring (bicyclic) bond motifs is 1. The summed E-state index contributed by atoms with van der Waals surface area (Å²) in [6, 6.07) is 6.20. The molecule has 2 unspecified atom stereocenters. The number of amides is 1. The van der Waals surface area contributed by atoms with Gasteiger partial charge >= 0.3 is 12.1 Å². The molecule has 3 aromatic rings. The number of carbonyl (C=O) groups excluding carboxylic acids is 2. The minimum atomic E-state index is -1.35. The number of pyridine rings is 1. The van der Waals surface area contributed by atoms with Crippen molar-refractivity contribution in [1.29, 1.82) is 0 Å². The Morgan fingerprint density at radius 1 is 1.00 bits per heavy atom. The lowest BCUT2D eigenvalue weighted by molar-refractivity contribution is -0.120. The molecule has 1 aromatic heterocycles. The molecule has 220 valence electrons. The summed E-state index contributed by atoms with van der Waals surface area (Å²) in [6.07, 6.45) is 1.51. The maximum atomic E-state index is 15.3. The topological polar surface area (TPSA) is 138 Å². The van der Waals surface area contributed by atoms with Gasteiger partial charge in [0.1, 0.15) is 35.1 Å². The number of carboxylic acid groups (broad SMARTS) is 1. The van der Waals surface area contributed by atoms with Crippen LogP contribution >= 0.6 is 0 Å². The molecule has 3 aliphatic rings. The van der Waals surface area contributed by atoms with Gasteiger partial charge in [-0.25, -0.2) is 18.4 Å². The number of cyclic esters (lactones) is 1. The molecule has 1 saturated carbocycles. The number of ether oxygens (including phenoxy) is 1. The van der Waals surface area contributed by atoms with Crippen molar-refractivity contribution >= 4 is 45.8 Å². The van der Waals surface area contributed by atoms with Crippen LogP contribution in [0.3, 0.4) is 0 Å². The molecule has 11 nitrogen and oxygen atoms in total. The highest BCUT2D eigenvalue weighted by Crippen LogP contribution is 2.38. The van der Waals surface area contributed by atoms with Gasteiger partial charge in [0.05, 0.1) is 29.1 Å². The third-order valence-electron chi connectivity index (χ3n) is 8.18. The fourth-order valence-electron chi connectivity index (χ4n) is 5.66. The number of aromatic carboxylic acids is 1. The van der Waals surface area contributed by atoms with Crippen LogP contribution in [-0.4, -0.2) is 72.4 Å². The summed E-state index contributed by atoms with van der Waals surface area (Å²) in [7, 11) is 0.